The van der Waals surface area contributed by atoms with Gasteiger partial charge >= 0.3 is 6.09 Å². The van der Waals surface area contributed by atoms with Crippen LogP contribution < -0.4 is 9.64 Å². The maximum Gasteiger partial charge on any atom is 0.410 e. The number of carbonyl (C=O) groups is 2. The average Bonchev–Trinajstić information content (AvgIpc) is 3.58. The van der Waals surface area contributed by atoms with Crippen LogP contribution in [0, 0.1) is 22.6 Å². The third kappa shape index (κ3) is 9.65. The van der Waals surface area contributed by atoms with E-state index < -0.39 is 21.6 Å². The highest BCUT2D eigenvalue weighted by Crippen LogP contribution is 2.46. The molecule has 5 aliphatic heterocycles. The first-order chi connectivity index (χ1) is 27.9. The Bertz CT molecular complexity index is 1920. The highest BCUT2D eigenvalue weighted by atomic mass is 32.2. The van der Waals surface area contributed by atoms with Gasteiger partial charge in [-0.1, -0.05) is 0 Å². The summed E-state index contributed by atoms with van der Waals surface area (Å²) in [4.78, 5) is 43.4. The first-order valence-electron chi connectivity index (χ1n) is 21.7. The number of anilines is 1. The van der Waals surface area contributed by atoms with Crippen LogP contribution >= 0.6 is 0 Å². The van der Waals surface area contributed by atoms with Gasteiger partial charge in [0.15, 0.2) is 11.6 Å². The summed E-state index contributed by atoms with van der Waals surface area (Å²) in [5, 5.41) is 0. The number of amides is 2. The molecule has 0 N–H and O–H groups in total. The molecule has 0 radical (unpaired) electrons. The van der Waals surface area contributed by atoms with E-state index in [4.69, 9.17) is 9.47 Å². The lowest BCUT2D eigenvalue weighted by molar-refractivity contribution is 0.0257. The Kier molecular flexibility index (Phi) is 12.6. The van der Waals surface area contributed by atoms with Gasteiger partial charge in [-0.2, -0.15) is 17.0 Å². The Morgan fingerprint density at radius 3 is 2.10 bits per heavy atom. The summed E-state index contributed by atoms with van der Waals surface area (Å²) in [6, 6.07) is 3.88. The number of ether oxygens (including phenoxy) is 2. The third-order valence-corrected chi connectivity index (χ3v) is 15.3. The number of likely N-dealkylation sites (tertiary alicyclic amines) is 2. The summed E-state index contributed by atoms with van der Waals surface area (Å²) in [6.07, 6.45) is 9.11. The second-order valence-corrected chi connectivity index (χ2v) is 21.3. The number of rotatable bonds is 10. The van der Waals surface area contributed by atoms with Gasteiger partial charge in [0.25, 0.3) is 16.1 Å². The topological polar surface area (TPSA) is 132 Å². The molecule has 1 aromatic heterocycles. The Balaban J connectivity index is 0.862. The number of aromatic nitrogens is 2. The fourth-order valence-electron chi connectivity index (χ4n) is 10.0. The molecule has 59 heavy (non-hydrogen) atoms. The monoisotopic (exact) mass is 840 g/mol. The molecule has 2 amide bonds. The van der Waals surface area contributed by atoms with E-state index in [9.17, 15) is 22.4 Å². The third-order valence-electron chi connectivity index (χ3n) is 13.3. The average molecular weight is 841 g/mol. The molecule has 14 nitrogen and oxygen atoms in total. The van der Waals surface area contributed by atoms with Crippen LogP contribution in [-0.2, 0) is 14.9 Å². The zero-order chi connectivity index (χ0) is 42.3. The Labute approximate surface area is 350 Å². The molecular formula is C43H65FN8O6S. The molecule has 2 aromatic rings. The summed E-state index contributed by atoms with van der Waals surface area (Å²) in [6.45, 7) is 21.5. The number of hydrogen-bond donors (Lipinski definition) is 0. The zero-order valence-corrected chi connectivity index (χ0v) is 37.0. The van der Waals surface area contributed by atoms with Gasteiger partial charge in [0.1, 0.15) is 23.5 Å². The predicted octanol–water partition coefficient (Wildman–Crippen LogP) is 6.25. The summed E-state index contributed by atoms with van der Waals surface area (Å²) >= 11 is 0. The number of halogens is 1. The van der Waals surface area contributed by atoms with Crippen LogP contribution in [0.3, 0.4) is 0 Å². The quantitative estimate of drug-likeness (QED) is 0.271. The van der Waals surface area contributed by atoms with Crippen molar-refractivity contribution in [3.8, 4) is 11.5 Å². The van der Waals surface area contributed by atoms with Crippen molar-refractivity contribution in [2.75, 3.05) is 76.9 Å². The highest BCUT2D eigenvalue weighted by Gasteiger charge is 2.48. The lowest BCUT2D eigenvalue weighted by Gasteiger charge is -2.54. The van der Waals surface area contributed by atoms with E-state index in [0.29, 0.717) is 56.8 Å². The Morgan fingerprint density at radius 2 is 1.47 bits per heavy atom. The van der Waals surface area contributed by atoms with Crippen LogP contribution in [0.2, 0.25) is 0 Å². The van der Waals surface area contributed by atoms with Gasteiger partial charge in [0, 0.05) is 76.4 Å². The van der Waals surface area contributed by atoms with Gasteiger partial charge in [0.05, 0.1) is 11.8 Å². The fraction of sp³-hybridized carbons (Fsp3) is 0.721. The van der Waals surface area contributed by atoms with Gasteiger partial charge in [-0.25, -0.2) is 19.2 Å². The van der Waals surface area contributed by atoms with E-state index in [1.54, 1.807) is 24.6 Å². The molecule has 2 spiro atoms. The van der Waals surface area contributed by atoms with Crippen molar-refractivity contribution in [2.24, 2.45) is 16.7 Å². The minimum Gasteiger partial charge on any atom is -0.451 e. The largest absolute Gasteiger partial charge is 0.451 e. The molecule has 5 saturated heterocycles. The molecular weight excluding hydrogens is 776 g/mol. The molecule has 0 saturated carbocycles. The first-order valence-corrected chi connectivity index (χ1v) is 23.1. The second kappa shape index (κ2) is 17.0. The summed E-state index contributed by atoms with van der Waals surface area (Å²) in [5.74, 6) is 1.03. The van der Waals surface area contributed by atoms with Gasteiger partial charge in [-0.05, 0) is 136 Å². The smallest absolute Gasteiger partial charge is 0.410 e. The number of hydrogen-bond acceptors (Lipinski definition) is 10. The lowest BCUT2D eigenvalue weighted by atomic mass is 9.72. The molecule has 6 heterocycles. The molecule has 1 aromatic carbocycles. The number of nitrogens with zero attached hydrogens (tertiary/aromatic N) is 8. The van der Waals surface area contributed by atoms with E-state index in [2.05, 4.69) is 19.8 Å². The Morgan fingerprint density at radius 1 is 0.864 bits per heavy atom. The van der Waals surface area contributed by atoms with Crippen molar-refractivity contribution in [2.45, 2.75) is 111 Å². The molecule has 0 bridgehead atoms. The van der Waals surface area contributed by atoms with Gasteiger partial charge in [-0.3, -0.25) is 4.79 Å². The van der Waals surface area contributed by atoms with Crippen LogP contribution in [0.4, 0.5) is 15.0 Å². The summed E-state index contributed by atoms with van der Waals surface area (Å²) < 4.78 is 57.2. The van der Waals surface area contributed by atoms with Crippen molar-refractivity contribution >= 4 is 28.0 Å². The Hall–Kier alpha value is -3.60. The first kappa shape index (κ1) is 43.5. The highest BCUT2D eigenvalue weighted by molar-refractivity contribution is 7.86. The maximum atomic E-state index is 14.5. The second-order valence-electron chi connectivity index (χ2n) is 19.4. The minimum atomic E-state index is -3.53. The standard InChI is InChI=1S/C43H65FN8O6S/c1-31(2)52(32(3)4)39(53)35-24-34(44)8-9-36(35)57-37-25-45-30-46-38(37)49-28-43(29-49)12-19-47(20-13-43)26-33-10-17-50(18-11-33)59(55,56)51-22-15-42(16-23-51)14-21-48(27-42)40(54)58-41(5,6)7/h8-9,24-25,30-33H,10-23,26-29H2,1-7H3. The SMILES string of the molecule is CC(C)N(C(=O)c1cc(F)ccc1Oc1cncnc1N1CC2(CCN(CC3CCN(S(=O)(=O)N4CCC5(CCN(C(=O)OC(C)(C)C)C5)CC4)CC3)CC2)C1)C(C)C. The van der Waals surface area contributed by atoms with Crippen LogP contribution in [-0.4, -0.2) is 143 Å². The summed E-state index contributed by atoms with van der Waals surface area (Å²) in [5.41, 5.74) is -0.223. The molecule has 5 fully saturated rings. The maximum absolute atomic E-state index is 14.5. The van der Waals surface area contributed by atoms with Crippen LogP contribution in [0.1, 0.15) is 104 Å². The minimum absolute atomic E-state index is 0.0322. The van der Waals surface area contributed by atoms with Crippen molar-refractivity contribution in [3.05, 3.63) is 42.1 Å². The van der Waals surface area contributed by atoms with E-state index >= 15 is 0 Å². The molecule has 0 atom stereocenters. The molecule has 326 valence electrons. The van der Waals surface area contributed by atoms with E-state index in [1.165, 1.54) is 24.5 Å². The van der Waals surface area contributed by atoms with Crippen LogP contribution in [0.25, 0.3) is 0 Å². The lowest BCUT2D eigenvalue weighted by Crippen LogP contribution is -2.61. The fourth-order valence-corrected chi connectivity index (χ4v) is 11.7. The molecule has 0 unspecified atom stereocenters. The van der Waals surface area contributed by atoms with Gasteiger partial charge in [-0.15, -0.1) is 0 Å². The number of carbonyl (C=O) groups excluding carboxylic acids is 2. The molecule has 7 rings (SSSR count). The van der Waals surface area contributed by atoms with Gasteiger partial charge < -0.3 is 29.1 Å². The summed E-state index contributed by atoms with van der Waals surface area (Å²) in [7, 11) is -3.53. The van der Waals surface area contributed by atoms with E-state index in [0.717, 1.165) is 77.7 Å². The molecule has 5 aliphatic rings. The van der Waals surface area contributed by atoms with E-state index in [-0.39, 0.29) is 46.2 Å². The number of piperidine rings is 3. The zero-order valence-electron chi connectivity index (χ0n) is 36.2. The van der Waals surface area contributed by atoms with Crippen molar-refractivity contribution in [1.29, 1.82) is 0 Å². The van der Waals surface area contributed by atoms with Crippen molar-refractivity contribution in [3.63, 3.8) is 0 Å². The predicted molar refractivity (Wildman–Crippen MR) is 224 cm³/mol. The number of benzene rings is 1. The molecule has 0 aliphatic carbocycles. The van der Waals surface area contributed by atoms with Gasteiger partial charge in [0.2, 0.25) is 0 Å². The van der Waals surface area contributed by atoms with Crippen LogP contribution in [0.15, 0.2) is 30.7 Å². The van der Waals surface area contributed by atoms with E-state index in [1.807, 2.05) is 48.5 Å². The molecule has 16 heteroatoms. The van der Waals surface area contributed by atoms with Crippen molar-refractivity contribution in [1.82, 2.24) is 33.3 Å². The van der Waals surface area contributed by atoms with Crippen LogP contribution in [0.5, 0.6) is 11.5 Å². The van der Waals surface area contributed by atoms with Crippen molar-refractivity contribution < 1.29 is 31.9 Å². The normalized spacial score (nSPS) is 22.0.